The maximum atomic E-state index is 13.3. The minimum absolute atomic E-state index is 0.0957. The van der Waals surface area contributed by atoms with Gasteiger partial charge in [0.25, 0.3) is 0 Å². The summed E-state index contributed by atoms with van der Waals surface area (Å²) in [5.41, 5.74) is 0.948. The highest BCUT2D eigenvalue weighted by Gasteiger charge is 2.44. The number of aromatic nitrogens is 1. The molecule has 1 unspecified atom stereocenters. The van der Waals surface area contributed by atoms with Crippen LogP contribution in [0.2, 0.25) is 0 Å². The Hall–Kier alpha value is -3.95. The highest BCUT2D eigenvalue weighted by atomic mass is 19.4. The summed E-state index contributed by atoms with van der Waals surface area (Å²) in [4.78, 5) is 44.1. The van der Waals surface area contributed by atoms with E-state index in [2.05, 4.69) is 4.98 Å². The normalized spacial score (nSPS) is 16.9. The van der Waals surface area contributed by atoms with Gasteiger partial charge in [-0.3, -0.25) is 24.4 Å². The number of nitrogens with zero attached hydrogens (tertiary/aromatic N) is 3. The van der Waals surface area contributed by atoms with E-state index in [4.69, 9.17) is 0 Å². The van der Waals surface area contributed by atoms with Crippen LogP contribution in [-0.4, -0.2) is 39.4 Å². The molecule has 0 bridgehead atoms. The van der Waals surface area contributed by atoms with E-state index in [-0.39, 0.29) is 11.1 Å². The number of urea groups is 1. The van der Waals surface area contributed by atoms with Crippen LogP contribution in [0.15, 0.2) is 48.7 Å². The molecule has 0 radical (unpaired) electrons. The summed E-state index contributed by atoms with van der Waals surface area (Å²) in [6, 6.07) is 9.47. The molecule has 34 heavy (non-hydrogen) atoms. The number of benzene rings is 2. The van der Waals surface area contributed by atoms with Crippen molar-refractivity contribution in [1.82, 2.24) is 9.88 Å². The van der Waals surface area contributed by atoms with E-state index in [9.17, 15) is 32.7 Å². The first kappa shape index (κ1) is 23.2. The number of carbonyl (C=O) groups excluding carboxylic acids is 2. The summed E-state index contributed by atoms with van der Waals surface area (Å²) in [6.45, 7) is 2.26. The number of aliphatic carboxylic acids is 1. The Labute approximate surface area is 192 Å². The van der Waals surface area contributed by atoms with E-state index in [1.807, 2.05) is 13.0 Å². The van der Waals surface area contributed by atoms with E-state index in [1.54, 1.807) is 24.4 Å². The summed E-state index contributed by atoms with van der Waals surface area (Å²) < 4.78 is 40.0. The number of carboxylic acids is 1. The number of aryl methyl sites for hydroxylation is 1. The van der Waals surface area contributed by atoms with E-state index >= 15 is 0 Å². The molecule has 1 aliphatic rings. The van der Waals surface area contributed by atoms with Crippen molar-refractivity contribution in [3.63, 3.8) is 0 Å². The first-order valence-electron chi connectivity index (χ1n) is 10.4. The monoisotopic (exact) mass is 471 g/mol. The van der Waals surface area contributed by atoms with E-state index in [0.29, 0.717) is 16.1 Å². The highest BCUT2D eigenvalue weighted by molar-refractivity contribution is 6.12. The van der Waals surface area contributed by atoms with E-state index in [1.165, 1.54) is 19.1 Å². The van der Waals surface area contributed by atoms with Crippen LogP contribution >= 0.6 is 0 Å². The Balaban J connectivity index is 1.74. The number of pyridine rings is 1. The third-order valence-electron chi connectivity index (χ3n) is 6.03. The van der Waals surface area contributed by atoms with Crippen molar-refractivity contribution in [2.24, 2.45) is 5.92 Å². The van der Waals surface area contributed by atoms with Crippen molar-refractivity contribution in [2.45, 2.75) is 26.6 Å². The molecule has 1 N–H and O–H groups in total. The summed E-state index contributed by atoms with van der Waals surface area (Å²) in [5.74, 6) is -3.96. The number of carbonyl (C=O) groups is 3. The zero-order valence-corrected chi connectivity index (χ0v) is 18.3. The molecule has 1 aromatic heterocycles. The van der Waals surface area contributed by atoms with Gasteiger partial charge in [-0.2, -0.15) is 13.2 Å². The van der Waals surface area contributed by atoms with Gasteiger partial charge >= 0.3 is 18.2 Å². The van der Waals surface area contributed by atoms with Crippen molar-refractivity contribution < 1.29 is 32.7 Å². The molecule has 0 saturated carbocycles. The lowest BCUT2D eigenvalue weighted by Crippen LogP contribution is -2.58. The standard InChI is InChI=1S/C24H20F3N3O4/c1-13-8-9-28-20-10-16(6-7-17(13)20)29-12-18(22(32)33)21(31)30(23(29)34)11-15-4-3-5-19(14(15)2)24(25,26)27/h3-10,18H,11-12H2,1-2H3,(H,32,33). The lowest BCUT2D eigenvalue weighted by Gasteiger charge is -2.37. The smallest absolute Gasteiger partial charge is 0.416 e. The number of alkyl halides is 3. The zero-order chi connectivity index (χ0) is 24.8. The van der Waals surface area contributed by atoms with Gasteiger partial charge in [-0.15, -0.1) is 0 Å². The van der Waals surface area contributed by atoms with Crippen molar-refractivity contribution in [1.29, 1.82) is 0 Å². The van der Waals surface area contributed by atoms with Crippen LogP contribution < -0.4 is 4.90 Å². The van der Waals surface area contributed by atoms with Crippen LogP contribution in [0.25, 0.3) is 10.9 Å². The second kappa shape index (κ2) is 8.44. The van der Waals surface area contributed by atoms with Gasteiger partial charge in [0.15, 0.2) is 5.92 Å². The predicted molar refractivity (Wildman–Crippen MR) is 117 cm³/mol. The molecule has 1 atom stereocenters. The van der Waals surface area contributed by atoms with Gasteiger partial charge < -0.3 is 5.11 Å². The van der Waals surface area contributed by atoms with Crippen molar-refractivity contribution >= 4 is 34.5 Å². The number of halogens is 3. The van der Waals surface area contributed by atoms with Crippen LogP contribution in [-0.2, 0) is 22.3 Å². The van der Waals surface area contributed by atoms with Gasteiger partial charge in [0.05, 0.1) is 17.6 Å². The first-order valence-corrected chi connectivity index (χ1v) is 10.4. The lowest BCUT2D eigenvalue weighted by molar-refractivity contribution is -0.150. The molecular weight excluding hydrogens is 451 g/mol. The van der Waals surface area contributed by atoms with Gasteiger partial charge in [0.1, 0.15) is 0 Å². The second-order valence-corrected chi connectivity index (χ2v) is 8.13. The molecule has 0 aliphatic carbocycles. The Morgan fingerprint density at radius 3 is 2.56 bits per heavy atom. The number of hydrogen-bond donors (Lipinski definition) is 1. The van der Waals surface area contributed by atoms with Gasteiger partial charge in [-0.05, 0) is 54.8 Å². The van der Waals surface area contributed by atoms with Gasteiger partial charge in [-0.25, -0.2) is 4.79 Å². The Bertz CT molecular complexity index is 1320. The topological polar surface area (TPSA) is 90.8 Å². The fraction of sp³-hybridized carbons (Fsp3) is 0.250. The SMILES string of the molecule is Cc1c(CN2C(=O)C(C(=O)O)CN(c3ccc4c(C)ccnc4c3)C2=O)cccc1C(F)(F)F. The maximum Gasteiger partial charge on any atom is 0.416 e. The largest absolute Gasteiger partial charge is 0.481 e. The molecular formula is C24H20F3N3O4. The average Bonchev–Trinajstić information content (AvgIpc) is 2.76. The average molecular weight is 471 g/mol. The predicted octanol–water partition coefficient (Wildman–Crippen LogP) is 4.54. The molecule has 1 aliphatic heterocycles. The third kappa shape index (κ3) is 4.07. The van der Waals surface area contributed by atoms with Crippen LogP contribution in [0, 0.1) is 19.8 Å². The molecule has 2 aromatic carbocycles. The number of anilines is 1. The Morgan fingerprint density at radius 2 is 1.88 bits per heavy atom. The molecule has 3 aromatic rings. The summed E-state index contributed by atoms with van der Waals surface area (Å²) in [6.07, 6.45) is -3.01. The summed E-state index contributed by atoms with van der Waals surface area (Å²) >= 11 is 0. The minimum Gasteiger partial charge on any atom is -0.481 e. The molecule has 10 heteroatoms. The Morgan fingerprint density at radius 1 is 1.15 bits per heavy atom. The molecule has 0 spiro atoms. The number of hydrogen-bond acceptors (Lipinski definition) is 4. The molecule has 1 fully saturated rings. The number of imide groups is 1. The van der Waals surface area contributed by atoms with Crippen LogP contribution in [0.4, 0.5) is 23.7 Å². The molecule has 2 heterocycles. The van der Waals surface area contributed by atoms with E-state index < -0.39 is 48.7 Å². The van der Waals surface area contributed by atoms with Crippen molar-refractivity contribution in [3.05, 3.63) is 70.9 Å². The summed E-state index contributed by atoms with van der Waals surface area (Å²) in [7, 11) is 0. The zero-order valence-electron chi connectivity index (χ0n) is 18.3. The number of carboxylic acid groups (broad SMARTS) is 1. The fourth-order valence-corrected chi connectivity index (χ4v) is 4.09. The van der Waals surface area contributed by atoms with Gasteiger partial charge in [0.2, 0.25) is 5.91 Å². The van der Waals surface area contributed by atoms with Crippen LogP contribution in [0.3, 0.4) is 0 Å². The molecule has 4 rings (SSSR count). The molecule has 176 valence electrons. The maximum absolute atomic E-state index is 13.3. The molecule has 3 amide bonds. The fourth-order valence-electron chi connectivity index (χ4n) is 4.09. The second-order valence-electron chi connectivity index (χ2n) is 8.13. The van der Waals surface area contributed by atoms with Crippen LogP contribution in [0.5, 0.6) is 0 Å². The molecule has 7 nitrogen and oxygen atoms in total. The van der Waals surface area contributed by atoms with Crippen molar-refractivity contribution in [2.75, 3.05) is 11.4 Å². The molecule has 1 saturated heterocycles. The van der Waals surface area contributed by atoms with Crippen molar-refractivity contribution in [3.8, 4) is 0 Å². The number of amides is 3. The van der Waals surface area contributed by atoms with Crippen LogP contribution in [0.1, 0.15) is 22.3 Å². The first-order chi connectivity index (χ1) is 16.0. The quantitative estimate of drug-likeness (QED) is 0.565. The Kier molecular flexibility index (Phi) is 5.76. The number of rotatable bonds is 4. The van der Waals surface area contributed by atoms with Gasteiger partial charge in [-0.1, -0.05) is 18.2 Å². The summed E-state index contributed by atoms with van der Waals surface area (Å²) in [5, 5.41) is 10.5. The van der Waals surface area contributed by atoms with E-state index in [0.717, 1.165) is 21.9 Å². The minimum atomic E-state index is -4.61. The highest BCUT2D eigenvalue weighted by Crippen LogP contribution is 2.34. The number of fused-ring (bicyclic) bond motifs is 1. The third-order valence-corrected chi connectivity index (χ3v) is 6.03. The van der Waals surface area contributed by atoms with Gasteiger partial charge in [0, 0.05) is 23.8 Å². The lowest BCUT2D eigenvalue weighted by atomic mass is 9.99.